The Morgan fingerprint density at radius 3 is 2.75 bits per heavy atom. The Morgan fingerprint density at radius 1 is 1.42 bits per heavy atom. The van der Waals surface area contributed by atoms with Crippen LogP contribution in [0.25, 0.3) is 0 Å². The Bertz CT molecular complexity index is 125. The van der Waals surface area contributed by atoms with Crippen LogP contribution in [0, 0.1) is 0 Å². The number of ether oxygens (including phenoxy) is 1. The van der Waals surface area contributed by atoms with Crippen molar-refractivity contribution >= 4 is 0 Å². The van der Waals surface area contributed by atoms with Crippen LogP contribution < -0.4 is 5.32 Å². The molecule has 1 aliphatic rings. The summed E-state index contributed by atoms with van der Waals surface area (Å²) in [4.78, 5) is 0. The van der Waals surface area contributed by atoms with E-state index < -0.39 is 0 Å². The Morgan fingerprint density at radius 2 is 2.17 bits per heavy atom. The molecule has 0 aromatic heterocycles. The molecule has 2 atom stereocenters. The molecule has 0 aromatic carbocycles. The highest BCUT2D eigenvalue weighted by atomic mass is 16.5. The molecule has 1 fully saturated rings. The molecule has 1 aliphatic heterocycles. The van der Waals surface area contributed by atoms with Crippen molar-refractivity contribution in [1.29, 1.82) is 0 Å². The van der Waals surface area contributed by atoms with Gasteiger partial charge in [-0.2, -0.15) is 0 Å². The fourth-order valence-corrected chi connectivity index (χ4v) is 1.68. The van der Waals surface area contributed by atoms with E-state index >= 15 is 0 Å². The molecule has 1 saturated heterocycles. The lowest BCUT2D eigenvalue weighted by Gasteiger charge is -2.29. The van der Waals surface area contributed by atoms with Crippen molar-refractivity contribution in [2.24, 2.45) is 0 Å². The number of piperidine rings is 1. The van der Waals surface area contributed by atoms with E-state index in [9.17, 15) is 0 Å². The Kier molecular flexibility index (Phi) is 4.02. The van der Waals surface area contributed by atoms with E-state index in [4.69, 9.17) is 4.74 Å². The second kappa shape index (κ2) is 4.83. The first-order chi connectivity index (χ1) is 5.68. The summed E-state index contributed by atoms with van der Waals surface area (Å²) in [6.07, 6.45) is 4.30. The molecular weight excluding hydrogens is 150 g/mol. The Labute approximate surface area is 75.7 Å². The lowest BCUT2D eigenvalue weighted by atomic mass is 10.0. The van der Waals surface area contributed by atoms with Gasteiger partial charge in [-0.1, -0.05) is 6.42 Å². The minimum Gasteiger partial charge on any atom is -0.377 e. The number of hydrogen-bond donors (Lipinski definition) is 1. The Hall–Kier alpha value is -0.0800. The van der Waals surface area contributed by atoms with Crippen molar-refractivity contribution in [2.45, 2.75) is 58.2 Å². The van der Waals surface area contributed by atoms with E-state index in [2.05, 4.69) is 26.1 Å². The Balaban J connectivity index is 2.14. The van der Waals surface area contributed by atoms with E-state index in [0.717, 1.165) is 6.61 Å². The molecule has 0 saturated carbocycles. The van der Waals surface area contributed by atoms with Gasteiger partial charge in [0.2, 0.25) is 0 Å². The van der Waals surface area contributed by atoms with Crippen LogP contribution in [0.1, 0.15) is 40.0 Å². The van der Waals surface area contributed by atoms with Crippen LogP contribution in [-0.4, -0.2) is 24.8 Å². The molecule has 72 valence electrons. The summed E-state index contributed by atoms with van der Waals surface area (Å²) in [6, 6.07) is 1.27. The van der Waals surface area contributed by atoms with Gasteiger partial charge < -0.3 is 10.1 Å². The van der Waals surface area contributed by atoms with Gasteiger partial charge in [0.15, 0.2) is 0 Å². The van der Waals surface area contributed by atoms with Crippen molar-refractivity contribution in [3.8, 4) is 0 Å². The lowest BCUT2D eigenvalue weighted by molar-refractivity contribution is 0.0519. The van der Waals surface area contributed by atoms with Crippen LogP contribution in [0.2, 0.25) is 0 Å². The number of hydrogen-bond acceptors (Lipinski definition) is 2. The minimum absolute atomic E-state index is 0.365. The molecule has 0 amide bonds. The van der Waals surface area contributed by atoms with Gasteiger partial charge in [-0.05, 0) is 33.6 Å². The van der Waals surface area contributed by atoms with Crippen molar-refractivity contribution < 1.29 is 4.74 Å². The van der Waals surface area contributed by atoms with E-state index in [1.807, 2.05) is 0 Å². The quantitative estimate of drug-likeness (QED) is 0.700. The zero-order chi connectivity index (χ0) is 8.97. The van der Waals surface area contributed by atoms with Gasteiger partial charge in [-0.25, -0.2) is 0 Å². The third kappa shape index (κ3) is 3.55. The predicted molar refractivity (Wildman–Crippen MR) is 51.3 cm³/mol. The van der Waals surface area contributed by atoms with E-state index in [-0.39, 0.29) is 0 Å². The highest BCUT2D eigenvalue weighted by Crippen LogP contribution is 2.12. The van der Waals surface area contributed by atoms with E-state index in [1.165, 1.54) is 19.3 Å². The first-order valence-electron chi connectivity index (χ1n) is 5.06. The molecule has 12 heavy (non-hydrogen) atoms. The molecule has 1 N–H and O–H groups in total. The van der Waals surface area contributed by atoms with Gasteiger partial charge in [-0.15, -0.1) is 0 Å². The van der Waals surface area contributed by atoms with Gasteiger partial charge in [0.1, 0.15) is 0 Å². The number of rotatable bonds is 3. The summed E-state index contributed by atoms with van der Waals surface area (Å²) in [5.41, 5.74) is 0. The summed E-state index contributed by atoms with van der Waals surface area (Å²) in [5, 5.41) is 3.55. The van der Waals surface area contributed by atoms with Gasteiger partial charge in [0.25, 0.3) is 0 Å². The summed E-state index contributed by atoms with van der Waals surface area (Å²) >= 11 is 0. The topological polar surface area (TPSA) is 21.3 Å². The maximum atomic E-state index is 5.57. The van der Waals surface area contributed by atoms with Gasteiger partial charge in [0, 0.05) is 12.1 Å². The zero-order valence-corrected chi connectivity index (χ0v) is 8.47. The molecule has 1 heterocycles. The maximum absolute atomic E-state index is 5.57. The summed E-state index contributed by atoms with van der Waals surface area (Å²) in [5.74, 6) is 0. The molecule has 2 unspecified atom stereocenters. The smallest absolute Gasteiger partial charge is 0.0623 e. The van der Waals surface area contributed by atoms with E-state index in [0.29, 0.717) is 18.2 Å². The van der Waals surface area contributed by atoms with E-state index in [1.54, 1.807) is 0 Å². The van der Waals surface area contributed by atoms with Crippen molar-refractivity contribution in [1.82, 2.24) is 5.32 Å². The molecule has 0 aromatic rings. The average Bonchev–Trinajstić information content (AvgIpc) is 2.01. The zero-order valence-electron chi connectivity index (χ0n) is 8.47. The predicted octanol–water partition coefficient (Wildman–Crippen LogP) is 1.94. The standard InChI is InChI=1S/C10H21NO/c1-8(2)12-7-10-6-4-5-9(3)11-10/h8-11H,4-7H2,1-3H3. The maximum Gasteiger partial charge on any atom is 0.0623 e. The van der Waals surface area contributed by atoms with Crippen LogP contribution >= 0.6 is 0 Å². The normalized spacial score (nSPS) is 31.0. The third-order valence-electron chi connectivity index (χ3n) is 2.34. The fourth-order valence-electron chi connectivity index (χ4n) is 1.68. The van der Waals surface area contributed by atoms with Gasteiger partial charge >= 0.3 is 0 Å². The monoisotopic (exact) mass is 171 g/mol. The van der Waals surface area contributed by atoms with Crippen LogP contribution in [0.4, 0.5) is 0 Å². The largest absolute Gasteiger partial charge is 0.377 e. The van der Waals surface area contributed by atoms with Crippen molar-refractivity contribution in [2.75, 3.05) is 6.61 Å². The SMILES string of the molecule is CC1CCCC(COC(C)C)N1. The second-order valence-corrected chi connectivity index (χ2v) is 4.08. The summed E-state index contributed by atoms with van der Waals surface area (Å²) in [6.45, 7) is 7.31. The molecule has 0 radical (unpaired) electrons. The van der Waals surface area contributed by atoms with Gasteiger partial charge in [-0.3, -0.25) is 0 Å². The third-order valence-corrected chi connectivity index (χ3v) is 2.34. The average molecular weight is 171 g/mol. The van der Waals surface area contributed by atoms with Crippen LogP contribution in [0.15, 0.2) is 0 Å². The molecule has 0 spiro atoms. The first kappa shape index (κ1) is 10.0. The molecule has 0 bridgehead atoms. The van der Waals surface area contributed by atoms with Gasteiger partial charge in [0.05, 0.1) is 12.7 Å². The molecule has 1 rings (SSSR count). The van der Waals surface area contributed by atoms with Crippen molar-refractivity contribution in [3.05, 3.63) is 0 Å². The molecule has 2 heteroatoms. The number of nitrogens with one attached hydrogen (secondary N) is 1. The lowest BCUT2D eigenvalue weighted by Crippen LogP contribution is -2.43. The van der Waals surface area contributed by atoms with Crippen molar-refractivity contribution in [3.63, 3.8) is 0 Å². The van der Waals surface area contributed by atoms with Crippen LogP contribution in [-0.2, 0) is 4.74 Å². The molecule has 2 nitrogen and oxygen atoms in total. The summed E-state index contributed by atoms with van der Waals surface area (Å²) in [7, 11) is 0. The van der Waals surface area contributed by atoms with Crippen LogP contribution in [0.5, 0.6) is 0 Å². The first-order valence-corrected chi connectivity index (χ1v) is 5.06. The fraction of sp³-hybridized carbons (Fsp3) is 1.00. The minimum atomic E-state index is 0.365. The molecular formula is C10H21NO. The highest BCUT2D eigenvalue weighted by molar-refractivity contribution is 4.77. The second-order valence-electron chi connectivity index (χ2n) is 4.08. The highest BCUT2D eigenvalue weighted by Gasteiger charge is 2.17. The molecule has 0 aliphatic carbocycles. The summed E-state index contributed by atoms with van der Waals surface area (Å²) < 4.78 is 5.57. The van der Waals surface area contributed by atoms with Crippen LogP contribution in [0.3, 0.4) is 0 Å².